The molecule has 0 aliphatic carbocycles. The fourth-order valence-corrected chi connectivity index (χ4v) is 2.36. The Kier molecular flexibility index (Phi) is 6.09. The molecular weight excluding hydrogens is 226 g/mol. The molecular formula is C14H29N3O. The smallest absolute Gasteiger partial charge is 0.234 e. The van der Waals surface area contributed by atoms with Crippen LogP contribution in [0.2, 0.25) is 0 Å². The summed E-state index contributed by atoms with van der Waals surface area (Å²) in [5.74, 6) is 0.0750. The van der Waals surface area contributed by atoms with Crippen LogP contribution in [-0.4, -0.2) is 36.6 Å². The number of hydrogen-bond acceptors (Lipinski definition) is 3. The topological polar surface area (TPSA) is 53.2 Å². The summed E-state index contributed by atoms with van der Waals surface area (Å²) in [7, 11) is 0. The van der Waals surface area contributed by atoms with Gasteiger partial charge in [0.2, 0.25) is 5.91 Å². The molecule has 1 saturated heterocycles. The van der Waals surface area contributed by atoms with Gasteiger partial charge < -0.3 is 16.0 Å². The first-order chi connectivity index (χ1) is 8.37. The van der Waals surface area contributed by atoms with E-state index >= 15 is 0 Å². The molecule has 2 atom stereocenters. The molecule has 3 N–H and O–H groups in total. The van der Waals surface area contributed by atoms with Gasteiger partial charge in [-0.05, 0) is 53.5 Å². The van der Waals surface area contributed by atoms with Gasteiger partial charge in [-0.1, -0.05) is 6.42 Å². The van der Waals surface area contributed by atoms with E-state index < -0.39 is 0 Å². The van der Waals surface area contributed by atoms with Gasteiger partial charge in [-0.2, -0.15) is 0 Å². The molecule has 0 radical (unpaired) electrons. The summed E-state index contributed by atoms with van der Waals surface area (Å²) in [6, 6.07) is 0.998. The Morgan fingerprint density at radius 2 is 2.11 bits per heavy atom. The van der Waals surface area contributed by atoms with Gasteiger partial charge in [0.1, 0.15) is 0 Å². The lowest BCUT2D eigenvalue weighted by Crippen LogP contribution is -2.47. The predicted molar refractivity (Wildman–Crippen MR) is 75.6 cm³/mol. The van der Waals surface area contributed by atoms with Crippen LogP contribution in [0.5, 0.6) is 0 Å². The van der Waals surface area contributed by atoms with E-state index in [1.165, 1.54) is 19.3 Å². The molecule has 0 aromatic heterocycles. The van der Waals surface area contributed by atoms with Crippen LogP contribution in [0.15, 0.2) is 0 Å². The van der Waals surface area contributed by atoms with Crippen molar-refractivity contribution in [1.29, 1.82) is 0 Å². The second-order valence-corrected chi connectivity index (χ2v) is 6.46. The number of nitrogens with one attached hydrogen (secondary N) is 3. The fraction of sp³-hybridized carbons (Fsp3) is 0.929. The van der Waals surface area contributed by atoms with Gasteiger partial charge in [0.05, 0.1) is 6.54 Å². The lowest BCUT2D eigenvalue weighted by molar-refractivity contribution is -0.121. The summed E-state index contributed by atoms with van der Waals surface area (Å²) in [6.07, 6.45) is 4.99. The average molecular weight is 255 g/mol. The van der Waals surface area contributed by atoms with E-state index in [9.17, 15) is 4.79 Å². The van der Waals surface area contributed by atoms with E-state index in [0.29, 0.717) is 18.6 Å². The Morgan fingerprint density at radius 1 is 1.39 bits per heavy atom. The number of rotatable bonds is 5. The number of hydrogen-bond donors (Lipinski definition) is 3. The molecule has 1 aliphatic heterocycles. The van der Waals surface area contributed by atoms with Crippen molar-refractivity contribution in [3.8, 4) is 0 Å². The van der Waals surface area contributed by atoms with Crippen molar-refractivity contribution >= 4 is 5.91 Å². The van der Waals surface area contributed by atoms with Crippen molar-refractivity contribution < 1.29 is 4.79 Å². The molecule has 0 spiro atoms. The zero-order valence-corrected chi connectivity index (χ0v) is 12.3. The minimum atomic E-state index is -0.146. The van der Waals surface area contributed by atoms with Gasteiger partial charge in [-0.3, -0.25) is 4.79 Å². The highest BCUT2D eigenvalue weighted by Crippen LogP contribution is 2.11. The highest BCUT2D eigenvalue weighted by atomic mass is 16.2. The van der Waals surface area contributed by atoms with Gasteiger partial charge in [0, 0.05) is 17.6 Å². The van der Waals surface area contributed by atoms with Crippen molar-refractivity contribution in [1.82, 2.24) is 16.0 Å². The summed E-state index contributed by atoms with van der Waals surface area (Å²) < 4.78 is 0. The van der Waals surface area contributed by atoms with Crippen LogP contribution in [0.25, 0.3) is 0 Å². The molecule has 106 valence electrons. The molecule has 0 aromatic rings. The normalized spacial score (nSPS) is 22.6. The Morgan fingerprint density at radius 3 is 2.67 bits per heavy atom. The minimum Gasteiger partial charge on any atom is -0.350 e. The second-order valence-electron chi connectivity index (χ2n) is 6.46. The fourth-order valence-electron chi connectivity index (χ4n) is 2.36. The lowest BCUT2D eigenvalue weighted by atomic mass is 9.99. The van der Waals surface area contributed by atoms with Crippen molar-refractivity contribution in [2.24, 2.45) is 0 Å². The summed E-state index contributed by atoms with van der Waals surface area (Å²) >= 11 is 0. The van der Waals surface area contributed by atoms with Crippen molar-refractivity contribution in [3.63, 3.8) is 0 Å². The maximum atomic E-state index is 11.7. The number of carbonyl (C=O) groups excluding carboxylic acids is 1. The Bertz CT molecular complexity index is 254. The van der Waals surface area contributed by atoms with Crippen molar-refractivity contribution in [2.75, 3.05) is 13.1 Å². The van der Waals surface area contributed by atoms with Gasteiger partial charge in [0.15, 0.2) is 0 Å². The zero-order valence-electron chi connectivity index (χ0n) is 12.3. The molecule has 1 fully saturated rings. The molecule has 1 amide bonds. The molecule has 1 heterocycles. The number of amides is 1. The highest BCUT2D eigenvalue weighted by molar-refractivity contribution is 5.78. The third-order valence-corrected chi connectivity index (χ3v) is 3.18. The molecule has 0 saturated carbocycles. The average Bonchev–Trinajstić information content (AvgIpc) is 2.25. The molecule has 0 bridgehead atoms. The van der Waals surface area contributed by atoms with E-state index in [4.69, 9.17) is 0 Å². The summed E-state index contributed by atoms with van der Waals surface area (Å²) in [5, 5.41) is 9.80. The van der Waals surface area contributed by atoms with Gasteiger partial charge in [-0.25, -0.2) is 0 Å². The monoisotopic (exact) mass is 255 g/mol. The van der Waals surface area contributed by atoms with Gasteiger partial charge in [-0.15, -0.1) is 0 Å². The SMILES string of the molecule is CC(CC1CCCCN1)NCC(=O)NC(C)(C)C. The summed E-state index contributed by atoms with van der Waals surface area (Å²) in [5.41, 5.74) is -0.146. The van der Waals surface area contributed by atoms with Crippen LogP contribution in [0.3, 0.4) is 0 Å². The molecule has 4 heteroatoms. The molecule has 1 rings (SSSR count). The number of piperidine rings is 1. The van der Waals surface area contributed by atoms with Gasteiger partial charge in [0.25, 0.3) is 0 Å². The van der Waals surface area contributed by atoms with Crippen LogP contribution in [0.4, 0.5) is 0 Å². The molecule has 18 heavy (non-hydrogen) atoms. The van der Waals surface area contributed by atoms with Crippen LogP contribution in [-0.2, 0) is 4.79 Å². The van der Waals surface area contributed by atoms with Crippen molar-refractivity contribution in [3.05, 3.63) is 0 Å². The van der Waals surface area contributed by atoms with E-state index in [-0.39, 0.29) is 11.4 Å². The van der Waals surface area contributed by atoms with Crippen LogP contribution < -0.4 is 16.0 Å². The number of carbonyl (C=O) groups is 1. The largest absolute Gasteiger partial charge is 0.350 e. The van der Waals surface area contributed by atoms with Gasteiger partial charge >= 0.3 is 0 Å². The predicted octanol–water partition coefficient (Wildman–Crippen LogP) is 1.41. The third kappa shape index (κ3) is 6.97. The molecule has 1 aliphatic rings. The second kappa shape index (κ2) is 7.10. The lowest BCUT2D eigenvalue weighted by Gasteiger charge is -2.27. The molecule has 0 aromatic carbocycles. The van der Waals surface area contributed by atoms with E-state index in [1.54, 1.807) is 0 Å². The maximum absolute atomic E-state index is 11.7. The standard InChI is InChI=1S/C14H29N3O/c1-11(9-12-7-5-6-8-15-12)16-10-13(18)17-14(2,3)4/h11-12,15-16H,5-10H2,1-4H3,(H,17,18). The van der Waals surface area contributed by atoms with E-state index in [1.807, 2.05) is 20.8 Å². The summed E-state index contributed by atoms with van der Waals surface area (Å²) in [4.78, 5) is 11.7. The Hall–Kier alpha value is -0.610. The van der Waals surface area contributed by atoms with Crippen molar-refractivity contribution in [2.45, 2.75) is 71.0 Å². The quantitative estimate of drug-likeness (QED) is 0.696. The minimum absolute atomic E-state index is 0.0750. The first-order valence-corrected chi connectivity index (χ1v) is 7.14. The molecule has 2 unspecified atom stereocenters. The van der Waals surface area contributed by atoms with E-state index in [0.717, 1.165) is 13.0 Å². The van der Waals surface area contributed by atoms with Crippen LogP contribution in [0.1, 0.15) is 53.4 Å². The maximum Gasteiger partial charge on any atom is 0.234 e. The summed E-state index contributed by atoms with van der Waals surface area (Å²) in [6.45, 7) is 9.70. The first kappa shape index (κ1) is 15.4. The zero-order chi connectivity index (χ0) is 13.6. The van der Waals surface area contributed by atoms with Crippen LogP contribution in [0, 0.1) is 0 Å². The van der Waals surface area contributed by atoms with E-state index in [2.05, 4.69) is 22.9 Å². The Balaban J connectivity index is 2.16. The third-order valence-electron chi connectivity index (χ3n) is 3.18. The highest BCUT2D eigenvalue weighted by Gasteiger charge is 2.17. The van der Waals surface area contributed by atoms with Crippen LogP contribution >= 0.6 is 0 Å². The molecule has 4 nitrogen and oxygen atoms in total. The first-order valence-electron chi connectivity index (χ1n) is 7.14. The Labute approximate surface area is 111 Å².